The SMILES string of the molecule is CC1CC(C)CN(S(=O)(=O)c2cc(C(=O)N=C(N)N)ccc2N2CCCCC2)C1. The summed E-state index contributed by atoms with van der Waals surface area (Å²) in [6.45, 7) is 6.72. The Hall–Kier alpha value is -2.13. The average Bonchev–Trinajstić information content (AvgIpc) is 2.67. The first-order chi connectivity index (χ1) is 13.7. The monoisotopic (exact) mass is 421 g/mol. The molecular weight excluding hydrogens is 390 g/mol. The van der Waals surface area contributed by atoms with Gasteiger partial charge < -0.3 is 16.4 Å². The number of aliphatic imine (C=N–C) groups is 1. The summed E-state index contributed by atoms with van der Waals surface area (Å²) in [5.74, 6) is -0.415. The van der Waals surface area contributed by atoms with E-state index >= 15 is 0 Å². The second kappa shape index (κ2) is 8.71. The zero-order chi connectivity index (χ0) is 21.2. The number of rotatable bonds is 4. The molecule has 2 heterocycles. The number of nitrogens with two attached hydrogens (primary N) is 2. The minimum Gasteiger partial charge on any atom is -0.370 e. The molecule has 0 aromatic heterocycles. The smallest absolute Gasteiger partial charge is 0.280 e. The summed E-state index contributed by atoms with van der Waals surface area (Å²) in [6, 6.07) is 4.74. The average molecular weight is 422 g/mol. The number of piperidine rings is 2. The van der Waals surface area contributed by atoms with Gasteiger partial charge in [-0.05, 0) is 55.7 Å². The van der Waals surface area contributed by atoms with Crippen LogP contribution >= 0.6 is 0 Å². The number of carbonyl (C=O) groups is 1. The van der Waals surface area contributed by atoms with Crippen molar-refractivity contribution < 1.29 is 13.2 Å². The van der Waals surface area contributed by atoms with E-state index in [1.54, 1.807) is 16.4 Å². The van der Waals surface area contributed by atoms with E-state index in [4.69, 9.17) is 11.5 Å². The van der Waals surface area contributed by atoms with Gasteiger partial charge in [0.15, 0.2) is 5.96 Å². The summed E-state index contributed by atoms with van der Waals surface area (Å²) < 4.78 is 28.8. The molecule has 160 valence electrons. The zero-order valence-corrected chi connectivity index (χ0v) is 18.0. The highest BCUT2D eigenvalue weighted by Crippen LogP contribution is 2.34. The third-order valence-electron chi connectivity index (χ3n) is 5.59. The molecule has 2 aliphatic heterocycles. The number of guanidine groups is 1. The molecule has 0 saturated carbocycles. The molecule has 9 heteroatoms. The Labute approximate surface area is 173 Å². The Kier molecular flexibility index (Phi) is 6.48. The number of nitrogens with zero attached hydrogens (tertiary/aromatic N) is 3. The molecule has 0 radical (unpaired) electrons. The van der Waals surface area contributed by atoms with Gasteiger partial charge in [0.25, 0.3) is 5.91 Å². The number of benzene rings is 1. The van der Waals surface area contributed by atoms with Crippen LogP contribution < -0.4 is 16.4 Å². The molecule has 1 amide bonds. The second-order valence-corrected chi connectivity index (χ2v) is 10.2. The molecule has 2 unspecified atom stereocenters. The van der Waals surface area contributed by atoms with Gasteiger partial charge in [-0.1, -0.05) is 13.8 Å². The van der Waals surface area contributed by atoms with E-state index in [9.17, 15) is 13.2 Å². The Morgan fingerprint density at radius 3 is 2.28 bits per heavy atom. The highest BCUT2D eigenvalue weighted by molar-refractivity contribution is 7.89. The number of hydrogen-bond acceptors (Lipinski definition) is 4. The topological polar surface area (TPSA) is 122 Å². The van der Waals surface area contributed by atoms with Crippen LogP contribution in [-0.4, -0.2) is 50.8 Å². The first-order valence-corrected chi connectivity index (χ1v) is 11.7. The van der Waals surface area contributed by atoms with Crippen LogP contribution in [0.3, 0.4) is 0 Å². The number of hydrogen-bond donors (Lipinski definition) is 2. The summed E-state index contributed by atoms with van der Waals surface area (Å²) >= 11 is 0. The van der Waals surface area contributed by atoms with Crippen molar-refractivity contribution in [2.75, 3.05) is 31.1 Å². The maximum Gasteiger partial charge on any atom is 0.280 e. The van der Waals surface area contributed by atoms with Gasteiger partial charge >= 0.3 is 0 Å². The van der Waals surface area contributed by atoms with Crippen LogP contribution in [0.25, 0.3) is 0 Å². The quantitative estimate of drug-likeness (QED) is 0.564. The van der Waals surface area contributed by atoms with Crippen molar-refractivity contribution in [3.8, 4) is 0 Å². The van der Waals surface area contributed by atoms with E-state index in [1.807, 2.05) is 0 Å². The van der Waals surface area contributed by atoms with Crippen molar-refractivity contribution in [3.05, 3.63) is 23.8 Å². The van der Waals surface area contributed by atoms with Gasteiger partial charge in [-0.3, -0.25) is 4.79 Å². The van der Waals surface area contributed by atoms with E-state index in [2.05, 4.69) is 23.7 Å². The maximum absolute atomic E-state index is 13.6. The lowest BCUT2D eigenvalue weighted by molar-refractivity contribution is 0.100. The van der Waals surface area contributed by atoms with E-state index in [1.165, 1.54) is 6.07 Å². The summed E-state index contributed by atoms with van der Waals surface area (Å²) in [5.41, 5.74) is 11.5. The molecule has 1 aromatic rings. The molecule has 0 spiro atoms. The van der Waals surface area contributed by atoms with Crippen molar-refractivity contribution in [2.45, 2.75) is 44.4 Å². The lowest BCUT2D eigenvalue weighted by atomic mass is 9.94. The van der Waals surface area contributed by atoms with Gasteiger partial charge in [0.2, 0.25) is 10.0 Å². The highest BCUT2D eigenvalue weighted by Gasteiger charge is 2.34. The van der Waals surface area contributed by atoms with E-state index in [0.29, 0.717) is 30.6 Å². The van der Waals surface area contributed by atoms with E-state index in [0.717, 1.165) is 38.8 Å². The first kappa shape index (κ1) is 21.6. The molecule has 4 N–H and O–H groups in total. The molecular formula is C20H31N5O3S. The molecule has 29 heavy (non-hydrogen) atoms. The molecule has 3 rings (SSSR count). The van der Waals surface area contributed by atoms with Gasteiger partial charge in [-0.15, -0.1) is 0 Å². The third-order valence-corrected chi connectivity index (χ3v) is 7.45. The van der Waals surface area contributed by atoms with Crippen LogP contribution in [0.2, 0.25) is 0 Å². The molecule has 0 aliphatic carbocycles. The molecule has 8 nitrogen and oxygen atoms in total. The van der Waals surface area contributed by atoms with Gasteiger partial charge in [-0.2, -0.15) is 9.30 Å². The second-order valence-electron chi connectivity index (χ2n) is 8.34. The highest BCUT2D eigenvalue weighted by atomic mass is 32.2. The van der Waals surface area contributed by atoms with Crippen LogP contribution in [0.1, 0.15) is 49.9 Å². The summed E-state index contributed by atoms with van der Waals surface area (Å²) in [4.78, 5) is 18.2. The Morgan fingerprint density at radius 1 is 1.07 bits per heavy atom. The fraction of sp³-hybridized carbons (Fsp3) is 0.600. The van der Waals surface area contributed by atoms with Gasteiger partial charge in [-0.25, -0.2) is 8.42 Å². The Bertz CT molecular complexity index is 879. The largest absolute Gasteiger partial charge is 0.370 e. The lowest BCUT2D eigenvalue weighted by Crippen LogP contribution is -2.43. The number of carbonyl (C=O) groups excluding carboxylic acids is 1. The Morgan fingerprint density at radius 2 is 1.69 bits per heavy atom. The van der Waals surface area contributed by atoms with E-state index < -0.39 is 15.9 Å². The molecule has 2 aliphatic rings. The molecule has 2 saturated heterocycles. The summed E-state index contributed by atoms with van der Waals surface area (Å²) in [6.07, 6.45) is 4.19. The standard InChI is InChI=1S/C20H31N5O3S/c1-14-10-15(2)13-25(12-14)29(27,28)18-11-16(19(26)23-20(21)22)6-7-17(18)24-8-4-3-5-9-24/h6-7,11,14-15H,3-5,8-10,12-13H2,1-2H3,(H4,21,22,23,26). The summed E-state index contributed by atoms with van der Waals surface area (Å²) in [7, 11) is -3.76. The molecule has 1 aromatic carbocycles. The maximum atomic E-state index is 13.6. The first-order valence-electron chi connectivity index (χ1n) is 10.2. The minimum absolute atomic E-state index is 0.163. The lowest BCUT2D eigenvalue weighted by Gasteiger charge is -2.36. The predicted octanol–water partition coefficient (Wildman–Crippen LogP) is 1.76. The van der Waals surface area contributed by atoms with Crippen LogP contribution in [0, 0.1) is 11.8 Å². The fourth-order valence-electron chi connectivity index (χ4n) is 4.37. The molecule has 2 fully saturated rings. The number of anilines is 1. The Balaban J connectivity index is 2.07. The van der Waals surface area contributed by atoms with Crippen molar-refractivity contribution in [2.24, 2.45) is 28.3 Å². The van der Waals surface area contributed by atoms with Gasteiger partial charge in [0.05, 0.1) is 5.69 Å². The minimum atomic E-state index is -3.76. The van der Waals surface area contributed by atoms with Crippen LogP contribution in [-0.2, 0) is 10.0 Å². The van der Waals surface area contributed by atoms with Gasteiger partial charge in [0, 0.05) is 31.7 Å². The number of amides is 1. The third kappa shape index (κ3) is 4.90. The molecule has 0 bridgehead atoms. The molecule has 2 atom stereocenters. The van der Waals surface area contributed by atoms with Crippen molar-refractivity contribution in [3.63, 3.8) is 0 Å². The number of sulfonamides is 1. The normalized spacial score (nSPS) is 23.6. The van der Waals surface area contributed by atoms with Crippen LogP contribution in [0.5, 0.6) is 0 Å². The van der Waals surface area contributed by atoms with Gasteiger partial charge in [0.1, 0.15) is 4.90 Å². The van der Waals surface area contributed by atoms with Crippen molar-refractivity contribution >= 4 is 27.6 Å². The van der Waals surface area contributed by atoms with Crippen LogP contribution in [0.4, 0.5) is 5.69 Å². The van der Waals surface area contributed by atoms with Crippen LogP contribution in [0.15, 0.2) is 28.1 Å². The summed E-state index contributed by atoms with van der Waals surface area (Å²) in [5, 5.41) is 0. The predicted molar refractivity (Wildman–Crippen MR) is 114 cm³/mol. The van der Waals surface area contributed by atoms with Crippen molar-refractivity contribution in [1.29, 1.82) is 0 Å². The van der Waals surface area contributed by atoms with Crippen molar-refractivity contribution in [1.82, 2.24) is 4.31 Å². The van der Waals surface area contributed by atoms with E-state index in [-0.39, 0.29) is 16.4 Å². The zero-order valence-electron chi connectivity index (χ0n) is 17.2. The fourth-order valence-corrected chi connectivity index (χ4v) is 6.29.